The first-order chi connectivity index (χ1) is 19.1. The third kappa shape index (κ3) is 8.59. The molecule has 226 valence electrons. The quantitative estimate of drug-likeness (QED) is 0.403. The Morgan fingerprint density at radius 3 is 2.15 bits per heavy atom. The van der Waals surface area contributed by atoms with E-state index in [0.29, 0.717) is 17.2 Å². The maximum absolute atomic E-state index is 13.4. The third-order valence-corrected chi connectivity index (χ3v) is 8.89. The lowest BCUT2D eigenvalue weighted by molar-refractivity contribution is -0.192. The highest BCUT2D eigenvalue weighted by molar-refractivity contribution is 7.92. The molecule has 9 nitrogen and oxygen atoms in total. The fourth-order valence-corrected chi connectivity index (χ4v) is 6.59. The first-order valence-electron chi connectivity index (χ1n) is 13.3. The maximum Gasteiger partial charge on any atom is 0.490 e. The largest absolute Gasteiger partial charge is 0.490 e. The van der Waals surface area contributed by atoms with Crippen molar-refractivity contribution >= 4 is 33.3 Å². The predicted octanol–water partition coefficient (Wildman–Crippen LogP) is 5.06. The topological polar surface area (TPSA) is 127 Å². The highest BCUT2D eigenvalue weighted by Gasteiger charge is 2.38. The number of nitrogens with one attached hydrogen (secondary N) is 1. The summed E-state index contributed by atoms with van der Waals surface area (Å²) in [6.07, 6.45) is -0.376. The molecule has 2 saturated heterocycles. The van der Waals surface area contributed by atoms with Crippen molar-refractivity contribution in [2.24, 2.45) is 5.92 Å². The minimum Gasteiger partial charge on any atom is -0.478 e. The molecule has 2 aromatic rings. The Kier molecular flexibility index (Phi) is 10.3. The van der Waals surface area contributed by atoms with Gasteiger partial charge in [0.15, 0.2) is 0 Å². The molecule has 0 aliphatic carbocycles. The van der Waals surface area contributed by atoms with Gasteiger partial charge in [0.25, 0.3) is 10.0 Å². The third-order valence-electron chi connectivity index (χ3n) is 7.39. The van der Waals surface area contributed by atoms with Crippen molar-refractivity contribution in [3.8, 4) is 0 Å². The number of carbonyl (C=O) groups is 2. The second kappa shape index (κ2) is 13.1. The van der Waals surface area contributed by atoms with Crippen molar-refractivity contribution in [3.05, 3.63) is 52.6 Å². The molecule has 13 heteroatoms. The number of hydrogen-bond acceptors (Lipinski definition) is 6. The van der Waals surface area contributed by atoms with E-state index in [0.717, 1.165) is 62.4 Å². The molecule has 1 unspecified atom stereocenters. The van der Waals surface area contributed by atoms with Crippen LogP contribution >= 0.6 is 0 Å². The van der Waals surface area contributed by atoms with Crippen LogP contribution in [0.5, 0.6) is 0 Å². The van der Waals surface area contributed by atoms with Crippen molar-refractivity contribution in [1.82, 2.24) is 4.90 Å². The first kappa shape index (κ1) is 32.2. The minimum atomic E-state index is -5.08. The summed E-state index contributed by atoms with van der Waals surface area (Å²) in [5, 5.41) is 16.7. The molecular formula is C28H36F3N3O6S. The summed E-state index contributed by atoms with van der Waals surface area (Å²) in [5.41, 5.74) is 3.70. The van der Waals surface area contributed by atoms with Gasteiger partial charge in [-0.2, -0.15) is 13.2 Å². The number of benzene rings is 2. The van der Waals surface area contributed by atoms with Gasteiger partial charge in [-0.1, -0.05) is 6.07 Å². The molecule has 41 heavy (non-hydrogen) atoms. The van der Waals surface area contributed by atoms with Gasteiger partial charge in [-0.3, -0.25) is 4.72 Å². The number of carboxylic acids is 2. The molecule has 2 heterocycles. The normalized spacial score (nSPS) is 18.0. The number of anilines is 2. The van der Waals surface area contributed by atoms with Gasteiger partial charge in [0, 0.05) is 19.6 Å². The van der Waals surface area contributed by atoms with Gasteiger partial charge in [-0.15, -0.1) is 0 Å². The van der Waals surface area contributed by atoms with Gasteiger partial charge >= 0.3 is 18.1 Å². The Morgan fingerprint density at radius 1 is 0.951 bits per heavy atom. The number of nitrogens with zero attached hydrogens (tertiary/aromatic N) is 2. The van der Waals surface area contributed by atoms with Crippen molar-refractivity contribution in [3.63, 3.8) is 0 Å². The van der Waals surface area contributed by atoms with Crippen LogP contribution in [0, 0.1) is 26.7 Å². The molecule has 0 amide bonds. The number of carboxylic acid groups (broad SMARTS) is 2. The molecule has 0 bridgehead atoms. The van der Waals surface area contributed by atoms with E-state index in [4.69, 9.17) is 9.90 Å². The molecule has 2 aromatic carbocycles. The Labute approximate surface area is 238 Å². The van der Waals surface area contributed by atoms with E-state index < -0.39 is 28.1 Å². The molecular weight excluding hydrogens is 563 g/mol. The van der Waals surface area contributed by atoms with Crippen LogP contribution in [0.25, 0.3) is 0 Å². The van der Waals surface area contributed by atoms with E-state index in [1.54, 1.807) is 25.1 Å². The summed E-state index contributed by atoms with van der Waals surface area (Å²) >= 11 is 0. The molecule has 2 aliphatic rings. The predicted molar refractivity (Wildman–Crippen MR) is 149 cm³/mol. The average molecular weight is 600 g/mol. The van der Waals surface area contributed by atoms with Crippen molar-refractivity contribution in [1.29, 1.82) is 0 Å². The number of alkyl halides is 3. The molecule has 4 rings (SSSR count). The molecule has 1 atom stereocenters. The maximum atomic E-state index is 13.4. The summed E-state index contributed by atoms with van der Waals surface area (Å²) in [5.74, 6) is -3.33. The smallest absolute Gasteiger partial charge is 0.478 e. The van der Waals surface area contributed by atoms with Gasteiger partial charge in [0.2, 0.25) is 0 Å². The van der Waals surface area contributed by atoms with Gasteiger partial charge in [-0.25, -0.2) is 18.0 Å². The van der Waals surface area contributed by atoms with Crippen LogP contribution in [0.1, 0.15) is 52.7 Å². The molecule has 3 N–H and O–H groups in total. The fourth-order valence-electron chi connectivity index (χ4n) is 5.21. The summed E-state index contributed by atoms with van der Waals surface area (Å²) in [7, 11) is -3.90. The van der Waals surface area contributed by atoms with Crippen molar-refractivity contribution in [2.75, 3.05) is 42.3 Å². The Bertz CT molecular complexity index is 1370. The molecule has 2 aliphatic heterocycles. The van der Waals surface area contributed by atoms with E-state index in [-0.39, 0.29) is 10.5 Å². The second-order valence-electron chi connectivity index (χ2n) is 10.6. The molecule has 0 spiro atoms. The zero-order valence-corrected chi connectivity index (χ0v) is 24.1. The van der Waals surface area contributed by atoms with E-state index in [9.17, 15) is 31.5 Å². The van der Waals surface area contributed by atoms with Gasteiger partial charge in [0.1, 0.15) is 0 Å². The summed E-state index contributed by atoms with van der Waals surface area (Å²) in [4.78, 5) is 25.5. The van der Waals surface area contributed by atoms with Crippen LogP contribution in [0.2, 0.25) is 0 Å². The van der Waals surface area contributed by atoms with Gasteiger partial charge < -0.3 is 20.0 Å². The van der Waals surface area contributed by atoms with Crippen LogP contribution in [0.3, 0.4) is 0 Å². The molecule has 2 fully saturated rings. The van der Waals surface area contributed by atoms with Crippen LogP contribution < -0.4 is 9.62 Å². The Morgan fingerprint density at radius 2 is 1.56 bits per heavy atom. The zero-order valence-electron chi connectivity index (χ0n) is 23.3. The highest BCUT2D eigenvalue weighted by Crippen LogP contribution is 2.34. The minimum absolute atomic E-state index is 0.0592. The van der Waals surface area contributed by atoms with E-state index in [2.05, 4.69) is 14.5 Å². The molecule has 0 radical (unpaired) electrons. The number of hydrogen-bond donors (Lipinski definition) is 3. The van der Waals surface area contributed by atoms with Crippen LogP contribution in [-0.4, -0.2) is 74.4 Å². The fraction of sp³-hybridized carbons (Fsp3) is 0.500. The lowest BCUT2D eigenvalue weighted by Crippen LogP contribution is -2.40. The standard InChI is InChI=1S/C26H35N3O4S.C2HF3O2/c1-18-13-20(3)25(14-19(18)2)34(32,33)27-23-15-22(26(30)31)8-9-24(23)29-12-6-7-21(17-29)16-28-10-4-5-11-28;3-2(4,5)1(6)7/h8-9,13-15,21,27H,4-7,10-12,16-17H2,1-3H3,(H,30,31);(H,6,7). The lowest BCUT2D eigenvalue weighted by Gasteiger charge is -2.37. The van der Waals surface area contributed by atoms with E-state index >= 15 is 0 Å². The molecule has 0 aromatic heterocycles. The summed E-state index contributed by atoms with van der Waals surface area (Å²) in [6.45, 7) is 10.7. The van der Waals surface area contributed by atoms with Crippen molar-refractivity contribution < 1.29 is 41.4 Å². The second-order valence-corrected chi connectivity index (χ2v) is 12.3. The number of piperidine rings is 1. The SMILES string of the molecule is Cc1cc(C)c(S(=O)(=O)Nc2cc(C(=O)O)ccc2N2CCCC(CN3CCCC3)C2)cc1C.O=C(O)C(F)(F)F. The number of halogens is 3. The van der Waals surface area contributed by atoms with E-state index in [1.165, 1.54) is 18.9 Å². The monoisotopic (exact) mass is 599 g/mol. The summed E-state index contributed by atoms with van der Waals surface area (Å²) < 4.78 is 61.3. The Balaban J connectivity index is 0.000000587. The van der Waals surface area contributed by atoms with Crippen LogP contribution in [-0.2, 0) is 14.8 Å². The van der Waals surface area contributed by atoms with Gasteiger partial charge in [-0.05, 0) is 106 Å². The number of aromatic carboxylic acids is 1. The number of likely N-dealkylation sites (tertiary alicyclic amines) is 1. The Hall–Kier alpha value is -3.32. The number of rotatable bonds is 7. The first-order valence-corrected chi connectivity index (χ1v) is 14.8. The summed E-state index contributed by atoms with van der Waals surface area (Å²) in [6, 6.07) is 8.29. The average Bonchev–Trinajstić information content (AvgIpc) is 3.39. The number of aryl methyl sites for hydroxylation is 3. The zero-order chi connectivity index (χ0) is 30.5. The van der Waals surface area contributed by atoms with Crippen LogP contribution in [0.15, 0.2) is 35.2 Å². The van der Waals surface area contributed by atoms with E-state index in [1.807, 2.05) is 19.9 Å². The van der Waals surface area contributed by atoms with Gasteiger partial charge in [0.05, 0.1) is 21.8 Å². The number of sulfonamides is 1. The molecule has 0 saturated carbocycles. The lowest BCUT2D eigenvalue weighted by atomic mass is 9.96. The number of aliphatic carboxylic acids is 1. The van der Waals surface area contributed by atoms with Crippen molar-refractivity contribution in [2.45, 2.75) is 57.5 Å². The van der Waals surface area contributed by atoms with Crippen LogP contribution in [0.4, 0.5) is 24.5 Å². The highest BCUT2D eigenvalue weighted by atomic mass is 32.2.